The van der Waals surface area contributed by atoms with Gasteiger partial charge in [-0.2, -0.15) is 0 Å². The van der Waals surface area contributed by atoms with Crippen LogP contribution in [-0.4, -0.2) is 19.3 Å². The Labute approximate surface area is 116 Å². The number of nitrogens with one attached hydrogen (secondary N) is 1. The molecule has 2 nitrogen and oxygen atoms in total. The normalized spacial score (nSPS) is 21.2. The molecule has 1 aliphatic rings. The molecule has 0 bridgehead atoms. The van der Waals surface area contributed by atoms with Gasteiger partial charge in [-0.1, -0.05) is 23.2 Å². The van der Waals surface area contributed by atoms with E-state index in [1.807, 2.05) is 6.92 Å². The summed E-state index contributed by atoms with van der Waals surface area (Å²) in [5, 5.41) is 3.84. The first-order valence-electron chi connectivity index (χ1n) is 6.07. The molecule has 0 aromatic heterocycles. The van der Waals surface area contributed by atoms with Crippen LogP contribution < -0.4 is 5.32 Å². The monoisotopic (exact) mass is 291 g/mol. The lowest BCUT2D eigenvalue weighted by Crippen LogP contribution is -2.28. The predicted octanol–water partition coefficient (Wildman–Crippen LogP) is 3.96. The molecule has 1 aromatic rings. The van der Waals surface area contributed by atoms with Gasteiger partial charge in [0.2, 0.25) is 0 Å². The van der Waals surface area contributed by atoms with Crippen LogP contribution >= 0.6 is 23.2 Å². The third-order valence-corrected chi connectivity index (χ3v) is 3.80. The maximum atomic E-state index is 13.4. The molecule has 0 radical (unpaired) electrons. The fourth-order valence-electron chi connectivity index (χ4n) is 2.09. The third kappa shape index (κ3) is 3.35. The molecule has 1 aromatic carbocycles. The Morgan fingerprint density at radius 2 is 2.22 bits per heavy atom. The molecule has 0 amide bonds. The highest BCUT2D eigenvalue weighted by Gasteiger charge is 2.18. The SMILES string of the molecule is CC(NCC1CCCO1)c1cc(F)c(Cl)cc1Cl. The highest BCUT2D eigenvalue weighted by atomic mass is 35.5. The smallest absolute Gasteiger partial charge is 0.142 e. The number of benzene rings is 1. The van der Waals surface area contributed by atoms with Gasteiger partial charge in [0.05, 0.1) is 11.1 Å². The molecule has 1 heterocycles. The van der Waals surface area contributed by atoms with E-state index in [4.69, 9.17) is 27.9 Å². The van der Waals surface area contributed by atoms with Crippen molar-refractivity contribution < 1.29 is 9.13 Å². The van der Waals surface area contributed by atoms with Gasteiger partial charge in [-0.05, 0) is 37.5 Å². The van der Waals surface area contributed by atoms with E-state index in [1.165, 1.54) is 12.1 Å². The molecular weight excluding hydrogens is 276 g/mol. The van der Waals surface area contributed by atoms with Gasteiger partial charge >= 0.3 is 0 Å². The number of rotatable bonds is 4. The van der Waals surface area contributed by atoms with Crippen molar-refractivity contribution in [3.63, 3.8) is 0 Å². The van der Waals surface area contributed by atoms with Crippen molar-refractivity contribution in [1.82, 2.24) is 5.32 Å². The van der Waals surface area contributed by atoms with E-state index < -0.39 is 5.82 Å². The Kier molecular flexibility index (Phi) is 4.84. The number of ether oxygens (including phenoxy) is 1. The van der Waals surface area contributed by atoms with Gasteiger partial charge in [0.15, 0.2) is 0 Å². The van der Waals surface area contributed by atoms with Crippen LogP contribution in [0.3, 0.4) is 0 Å². The van der Waals surface area contributed by atoms with Crippen LogP contribution in [0.15, 0.2) is 12.1 Å². The lowest BCUT2D eigenvalue weighted by atomic mass is 10.1. The summed E-state index contributed by atoms with van der Waals surface area (Å²) in [6.45, 7) is 3.53. The molecule has 1 fully saturated rings. The third-order valence-electron chi connectivity index (χ3n) is 3.18. The van der Waals surface area contributed by atoms with Gasteiger partial charge in [0.25, 0.3) is 0 Å². The van der Waals surface area contributed by atoms with Crippen molar-refractivity contribution in [2.24, 2.45) is 0 Å². The number of hydrogen-bond donors (Lipinski definition) is 1. The zero-order valence-corrected chi connectivity index (χ0v) is 11.7. The highest BCUT2D eigenvalue weighted by Crippen LogP contribution is 2.28. The van der Waals surface area contributed by atoms with Crippen molar-refractivity contribution in [1.29, 1.82) is 0 Å². The molecule has 2 rings (SSSR count). The molecule has 5 heteroatoms. The molecule has 1 N–H and O–H groups in total. The summed E-state index contributed by atoms with van der Waals surface area (Å²) in [7, 11) is 0. The topological polar surface area (TPSA) is 21.3 Å². The molecule has 1 saturated heterocycles. The van der Waals surface area contributed by atoms with E-state index in [9.17, 15) is 4.39 Å². The first kappa shape index (κ1) is 14.1. The van der Waals surface area contributed by atoms with Crippen LogP contribution in [0.2, 0.25) is 10.0 Å². The fourth-order valence-corrected chi connectivity index (χ4v) is 2.64. The Bertz CT molecular complexity index is 422. The summed E-state index contributed by atoms with van der Waals surface area (Å²) in [5.41, 5.74) is 0.719. The zero-order chi connectivity index (χ0) is 13.1. The molecule has 18 heavy (non-hydrogen) atoms. The second kappa shape index (κ2) is 6.20. The second-order valence-electron chi connectivity index (χ2n) is 4.55. The van der Waals surface area contributed by atoms with Crippen molar-refractivity contribution in [3.05, 3.63) is 33.6 Å². The molecule has 2 atom stereocenters. The van der Waals surface area contributed by atoms with E-state index in [-0.39, 0.29) is 17.2 Å². The van der Waals surface area contributed by atoms with Crippen molar-refractivity contribution >= 4 is 23.2 Å². The van der Waals surface area contributed by atoms with Crippen LogP contribution in [0.4, 0.5) is 4.39 Å². The Balaban J connectivity index is 1.99. The Morgan fingerprint density at radius 1 is 1.44 bits per heavy atom. The Morgan fingerprint density at radius 3 is 2.89 bits per heavy atom. The first-order chi connectivity index (χ1) is 8.58. The number of hydrogen-bond acceptors (Lipinski definition) is 2. The van der Waals surface area contributed by atoms with E-state index in [0.717, 1.165) is 31.6 Å². The zero-order valence-electron chi connectivity index (χ0n) is 10.2. The number of halogens is 3. The summed E-state index contributed by atoms with van der Waals surface area (Å²) in [5.74, 6) is -0.443. The molecule has 0 saturated carbocycles. The van der Waals surface area contributed by atoms with Gasteiger partial charge in [0.1, 0.15) is 5.82 Å². The summed E-state index contributed by atoms with van der Waals surface area (Å²) in [6.07, 6.45) is 2.43. The highest BCUT2D eigenvalue weighted by molar-refractivity contribution is 6.35. The second-order valence-corrected chi connectivity index (χ2v) is 5.37. The fraction of sp³-hybridized carbons (Fsp3) is 0.538. The standard InChI is InChI=1S/C13H16Cl2FNO/c1-8(17-7-9-3-2-4-18-9)10-5-13(16)12(15)6-11(10)14/h5-6,8-9,17H,2-4,7H2,1H3. The lowest BCUT2D eigenvalue weighted by molar-refractivity contribution is 0.108. The largest absolute Gasteiger partial charge is 0.377 e. The van der Waals surface area contributed by atoms with Gasteiger partial charge in [0, 0.05) is 24.2 Å². The molecule has 100 valence electrons. The minimum atomic E-state index is -0.443. The molecule has 1 aliphatic heterocycles. The van der Waals surface area contributed by atoms with Gasteiger partial charge < -0.3 is 10.1 Å². The quantitative estimate of drug-likeness (QED) is 0.848. The minimum Gasteiger partial charge on any atom is -0.377 e. The molecule has 0 aliphatic carbocycles. The van der Waals surface area contributed by atoms with Gasteiger partial charge in [-0.3, -0.25) is 0 Å². The van der Waals surface area contributed by atoms with Crippen molar-refractivity contribution in [3.8, 4) is 0 Å². The van der Waals surface area contributed by atoms with Crippen molar-refractivity contribution in [2.75, 3.05) is 13.2 Å². The van der Waals surface area contributed by atoms with Crippen LogP contribution in [0.25, 0.3) is 0 Å². The summed E-state index contributed by atoms with van der Waals surface area (Å²) >= 11 is 11.7. The maximum Gasteiger partial charge on any atom is 0.142 e. The van der Waals surface area contributed by atoms with Crippen LogP contribution in [-0.2, 0) is 4.74 Å². The Hall–Kier alpha value is -0.350. The first-order valence-corrected chi connectivity index (χ1v) is 6.83. The lowest BCUT2D eigenvalue weighted by Gasteiger charge is -2.18. The summed E-state index contributed by atoms with van der Waals surface area (Å²) in [6, 6.07) is 2.80. The van der Waals surface area contributed by atoms with E-state index in [2.05, 4.69) is 5.32 Å². The minimum absolute atomic E-state index is 0.0338. The van der Waals surface area contributed by atoms with Crippen LogP contribution in [0, 0.1) is 5.82 Å². The van der Waals surface area contributed by atoms with Crippen LogP contribution in [0.1, 0.15) is 31.4 Å². The summed E-state index contributed by atoms with van der Waals surface area (Å²) in [4.78, 5) is 0. The van der Waals surface area contributed by atoms with E-state index >= 15 is 0 Å². The average Bonchev–Trinajstić information content (AvgIpc) is 2.84. The molecule has 2 unspecified atom stereocenters. The van der Waals surface area contributed by atoms with Crippen LogP contribution in [0.5, 0.6) is 0 Å². The summed E-state index contributed by atoms with van der Waals surface area (Å²) < 4.78 is 18.9. The molecular formula is C13H16Cl2FNO. The van der Waals surface area contributed by atoms with Gasteiger partial charge in [-0.15, -0.1) is 0 Å². The maximum absolute atomic E-state index is 13.4. The average molecular weight is 292 g/mol. The predicted molar refractivity (Wildman–Crippen MR) is 71.8 cm³/mol. The van der Waals surface area contributed by atoms with Crippen molar-refractivity contribution in [2.45, 2.75) is 31.9 Å². The van der Waals surface area contributed by atoms with E-state index in [1.54, 1.807) is 0 Å². The molecule has 0 spiro atoms. The van der Waals surface area contributed by atoms with Gasteiger partial charge in [-0.25, -0.2) is 4.39 Å². The van der Waals surface area contributed by atoms with E-state index in [0.29, 0.717) is 5.02 Å².